The van der Waals surface area contributed by atoms with Crippen molar-refractivity contribution in [3.63, 3.8) is 0 Å². The van der Waals surface area contributed by atoms with E-state index in [2.05, 4.69) is 0 Å². The zero-order chi connectivity index (χ0) is 10.6. The first-order valence-corrected chi connectivity index (χ1v) is 4.71. The van der Waals surface area contributed by atoms with Crippen LogP contribution in [0.1, 0.15) is 31.7 Å². The molecule has 14 heavy (non-hydrogen) atoms. The summed E-state index contributed by atoms with van der Waals surface area (Å²) in [5.74, 6) is -0.438. The molecule has 2 N–H and O–H groups in total. The average molecular weight is 195 g/mol. The second-order valence-electron chi connectivity index (χ2n) is 3.24. The molecule has 2 nitrogen and oxygen atoms in total. The highest BCUT2D eigenvalue weighted by Crippen LogP contribution is 2.20. The van der Waals surface area contributed by atoms with Gasteiger partial charge in [-0.15, -0.1) is 0 Å². The van der Waals surface area contributed by atoms with Crippen molar-refractivity contribution in [2.75, 3.05) is 0 Å². The molecule has 0 aliphatic carbocycles. The molecular weight excluding hydrogens is 181 g/mol. The summed E-state index contributed by atoms with van der Waals surface area (Å²) < 4.78 is 12.8. The molecule has 1 aromatic rings. The quantitative estimate of drug-likeness (QED) is 0.712. The first-order valence-electron chi connectivity index (χ1n) is 4.71. The molecule has 0 saturated carbocycles. The molecule has 0 radical (unpaired) electrons. The van der Waals surface area contributed by atoms with Gasteiger partial charge in [-0.05, 0) is 31.0 Å². The first-order chi connectivity index (χ1) is 6.65. The van der Waals surface area contributed by atoms with Gasteiger partial charge in [-0.3, -0.25) is 0 Å². The summed E-state index contributed by atoms with van der Waals surface area (Å²) in [5.41, 5.74) is 0.599. The minimum Gasteiger partial charge on any atom is -0.507 e. The predicted molar refractivity (Wildman–Crippen MR) is 54.4 cm³/mol. The molecule has 0 spiro atoms. The maximum Gasteiger partial charge on any atom is 0.124 e. The molecule has 0 atom stereocenters. The van der Waals surface area contributed by atoms with E-state index in [1.807, 2.05) is 6.92 Å². The summed E-state index contributed by atoms with van der Waals surface area (Å²) in [6.45, 7) is 2.03. The molecule has 1 rings (SSSR count). The Balaban J connectivity index is 2.83. The Kier molecular flexibility index (Phi) is 3.63. The van der Waals surface area contributed by atoms with E-state index >= 15 is 0 Å². The van der Waals surface area contributed by atoms with Gasteiger partial charge in [0, 0.05) is 11.3 Å². The molecule has 1 aromatic carbocycles. The van der Waals surface area contributed by atoms with Gasteiger partial charge >= 0.3 is 0 Å². The van der Waals surface area contributed by atoms with E-state index in [0.29, 0.717) is 17.7 Å². The normalized spacial score (nSPS) is 10.1. The second-order valence-corrected chi connectivity index (χ2v) is 3.24. The molecular formula is C11H14FNO. The van der Waals surface area contributed by atoms with Gasteiger partial charge in [0.05, 0.1) is 0 Å². The number of phenols is 1. The lowest BCUT2D eigenvalue weighted by Crippen LogP contribution is -1.99. The van der Waals surface area contributed by atoms with Crippen LogP contribution in [0.2, 0.25) is 0 Å². The van der Waals surface area contributed by atoms with Crippen LogP contribution in [0.25, 0.3) is 0 Å². The summed E-state index contributed by atoms with van der Waals surface area (Å²) in [5, 5.41) is 17.0. The minimum atomic E-state index is -0.418. The number of benzene rings is 1. The first kappa shape index (κ1) is 10.7. The van der Waals surface area contributed by atoms with Gasteiger partial charge < -0.3 is 10.5 Å². The molecule has 3 heteroatoms. The second kappa shape index (κ2) is 4.74. The Morgan fingerprint density at radius 3 is 2.86 bits per heavy atom. The van der Waals surface area contributed by atoms with Crippen LogP contribution in [0, 0.1) is 11.2 Å². The predicted octanol–water partition coefficient (Wildman–Crippen LogP) is 3.09. The molecule has 0 saturated heterocycles. The van der Waals surface area contributed by atoms with Crippen LogP contribution in [-0.2, 0) is 0 Å². The Hall–Kier alpha value is -1.38. The maximum absolute atomic E-state index is 12.8. The van der Waals surface area contributed by atoms with E-state index in [-0.39, 0.29) is 5.75 Å². The molecule has 0 amide bonds. The standard InChI is InChI=1S/C11H14FNO/c1-2-3-4-10(13)9-7-8(12)5-6-11(9)14/h5-7,13-14H,2-4H2,1H3. The summed E-state index contributed by atoms with van der Waals surface area (Å²) in [6.07, 6.45) is 2.45. The fourth-order valence-corrected chi connectivity index (χ4v) is 1.24. The Morgan fingerprint density at radius 2 is 2.21 bits per heavy atom. The van der Waals surface area contributed by atoms with E-state index in [1.54, 1.807) is 0 Å². The van der Waals surface area contributed by atoms with E-state index in [4.69, 9.17) is 5.41 Å². The molecule has 0 aromatic heterocycles. The average Bonchev–Trinajstić information content (AvgIpc) is 2.18. The molecule has 0 aliphatic heterocycles. The van der Waals surface area contributed by atoms with Crippen LogP contribution in [0.15, 0.2) is 18.2 Å². The van der Waals surface area contributed by atoms with Crippen molar-refractivity contribution in [2.24, 2.45) is 0 Å². The number of halogens is 1. The van der Waals surface area contributed by atoms with Crippen molar-refractivity contribution in [1.29, 1.82) is 5.41 Å². The van der Waals surface area contributed by atoms with Crippen LogP contribution >= 0.6 is 0 Å². The Morgan fingerprint density at radius 1 is 1.50 bits per heavy atom. The smallest absolute Gasteiger partial charge is 0.124 e. The monoisotopic (exact) mass is 195 g/mol. The Labute approximate surface area is 82.9 Å². The largest absolute Gasteiger partial charge is 0.507 e. The number of hydrogen-bond donors (Lipinski definition) is 2. The number of nitrogens with one attached hydrogen (secondary N) is 1. The van der Waals surface area contributed by atoms with Gasteiger partial charge in [-0.25, -0.2) is 4.39 Å². The van der Waals surface area contributed by atoms with Crippen molar-refractivity contribution in [3.05, 3.63) is 29.6 Å². The molecule has 0 fully saturated rings. The fraction of sp³-hybridized carbons (Fsp3) is 0.364. The van der Waals surface area contributed by atoms with E-state index < -0.39 is 5.82 Å². The minimum absolute atomic E-state index is 0.0208. The van der Waals surface area contributed by atoms with Crippen LogP contribution in [-0.4, -0.2) is 10.8 Å². The van der Waals surface area contributed by atoms with Crippen LogP contribution in [0.3, 0.4) is 0 Å². The highest BCUT2D eigenvalue weighted by atomic mass is 19.1. The summed E-state index contributed by atoms with van der Waals surface area (Å²) in [7, 11) is 0. The van der Waals surface area contributed by atoms with Gasteiger partial charge in [0.2, 0.25) is 0 Å². The van der Waals surface area contributed by atoms with Crippen molar-refractivity contribution >= 4 is 5.71 Å². The number of hydrogen-bond acceptors (Lipinski definition) is 2. The third-order valence-electron chi connectivity index (χ3n) is 2.06. The lowest BCUT2D eigenvalue weighted by atomic mass is 10.0. The van der Waals surface area contributed by atoms with Crippen molar-refractivity contribution in [2.45, 2.75) is 26.2 Å². The lowest BCUT2D eigenvalue weighted by molar-refractivity contribution is 0.471. The van der Waals surface area contributed by atoms with Crippen molar-refractivity contribution < 1.29 is 9.50 Å². The van der Waals surface area contributed by atoms with Gasteiger partial charge in [0.25, 0.3) is 0 Å². The number of phenolic OH excluding ortho intramolecular Hbond substituents is 1. The van der Waals surface area contributed by atoms with Crippen LogP contribution in [0.4, 0.5) is 4.39 Å². The van der Waals surface area contributed by atoms with Crippen molar-refractivity contribution in [3.8, 4) is 5.75 Å². The number of rotatable bonds is 4. The summed E-state index contributed by atoms with van der Waals surface area (Å²) in [4.78, 5) is 0. The topological polar surface area (TPSA) is 44.1 Å². The third-order valence-corrected chi connectivity index (χ3v) is 2.06. The number of unbranched alkanes of at least 4 members (excludes halogenated alkanes) is 1. The van der Waals surface area contributed by atoms with Crippen LogP contribution < -0.4 is 0 Å². The van der Waals surface area contributed by atoms with Gasteiger partial charge in [-0.1, -0.05) is 13.3 Å². The molecule has 0 heterocycles. The summed E-state index contributed by atoms with van der Waals surface area (Å²) in [6, 6.07) is 3.67. The molecule has 0 unspecified atom stereocenters. The van der Waals surface area contributed by atoms with E-state index in [1.165, 1.54) is 18.2 Å². The highest BCUT2D eigenvalue weighted by molar-refractivity contribution is 6.00. The van der Waals surface area contributed by atoms with E-state index in [9.17, 15) is 9.50 Å². The zero-order valence-corrected chi connectivity index (χ0v) is 8.18. The summed E-state index contributed by atoms with van der Waals surface area (Å²) >= 11 is 0. The SMILES string of the molecule is CCCCC(=N)c1cc(F)ccc1O. The number of aromatic hydroxyl groups is 1. The van der Waals surface area contributed by atoms with Gasteiger partial charge in [0.15, 0.2) is 0 Å². The maximum atomic E-state index is 12.8. The molecule has 0 bridgehead atoms. The third kappa shape index (κ3) is 2.55. The van der Waals surface area contributed by atoms with Gasteiger partial charge in [0.1, 0.15) is 11.6 Å². The van der Waals surface area contributed by atoms with Crippen LogP contribution in [0.5, 0.6) is 5.75 Å². The zero-order valence-electron chi connectivity index (χ0n) is 8.18. The molecule has 76 valence electrons. The highest BCUT2D eigenvalue weighted by Gasteiger charge is 2.07. The Bertz CT molecular complexity index is 336. The van der Waals surface area contributed by atoms with Gasteiger partial charge in [-0.2, -0.15) is 0 Å². The lowest BCUT2D eigenvalue weighted by Gasteiger charge is -2.05. The van der Waals surface area contributed by atoms with Crippen molar-refractivity contribution in [1.82, 2.24) is 0 Å². The fourth-order valence-electron chi connectivity index (χ4n) is 1.24. The van der Waals surface area contributed by atoms with E-state index in [0.717, 1.165) is 12.8 Å². The molecule has 0 aliphatic rings.